The molecule has 0 aliphatic rings. The van der Waals surface area contributed by atoms with E-state index in [1.807, 2.05) is 0 Å². The predicted octanol–water partition coefficient (Wildman–Crippen LogP) is 2.25. The Kier molecular flexibility index (Phi) is 2.54. The molecule has 3 nitrogen and oxygen atoms in total. The molecule has 0 fully saturated rings. The van der Waals surface area contributed by atoms with Crippen molar-refractivity contribution in [2.75, 3.05) is 14.2 Å². The number of nitrogens with zero attached hydrogens (tertiary/aromatic N) is 1. The van der Waals surface area contributed by atoms with Gasteiger partial charge in [0.15, 0.2) is 0 Å². The first-order valence-corrected chi connectivity index (χ1v) is 3.41. The van der Waals surface area contributed by atoms with Gasteiger partial charge in [0.2, 0.25) is 5.69 Å². The molecule has 0 N–H and O–H groups in total. The smallest absolute Gasteiger partial charge is 0.228 e. The van der Waals surface area contributed by atoms with Crippen molar-refractivity contribution < 1.29 is 9.47 Å². The molecule has 0 aromatic heterocycles. The molecule has 1 aromatic carbocycles. The zero-order valence-electron chi connectivity index (χ0n) is 7.00. The standard InChI is InChI=1S/C9H9NO2/c1-10-8-5-4-7(11-2)6-9(8)12-3/h4-6H,2-3H3/i1-1. The molecule has 0 radical (unpaired) electrons. The van der Waals surface area contributed by atoms with Gasteiger partial charge in [-0.2, -0.15) is 0 Å². The maximum Gasteiger partial charge on any atom is 0.228 e. The van der Waals surface area contributed by atoms with Crippen molar-refractivity contribution in [2.24, 2.45) is 0 Å². The highest BCUT2D eigenvalue weighted by Gasteiger charge is 2.02. The van der Waals surface area contributed by atoms with Crippen LogP contribution in [0.1, 0.15) is 0 Å². The van der Waals surface area contributed by atoms with Crippen molar-refractivity contribution >= 4 is 5.69 Å². The molecule has 1 aromatic rings. The summed E-state index contributed by atoms with van der Waals surface area (Å²) >= 11 is 0. The van der Waals surface area contributed by atoms with Gasteiger partial charge in [-0.15, -0.1) is 0 Å². The highest BCUT2D eigenvalue weighted by Crippen LogP contribution is 2.30. The lowest BCUT2D eigenvalue weighted by Crippen LogP contribution is -1.86. The molecule has 0 saturated heterocycles. The van der Waals surface area contributed by atoms with Crippen LogP contribution in [0.3, 0.4) is 0 Å². The van der Waals surface area contributed by atoms with Gasteiger partial charge in [-0.25, -0.2) is 4.85 Å². The quantitative estimate of drug-likeness (QED) is 0.622. The van der Waals surface area contributed by atoms with Gasteiger partial charge in [0.25, 0.3) is 0 Å². The van der Waals surface area contributed by atoms with E-state index < -0.39 is 0 Å². The minimum Gasteiger partial charge on any atom is -0.508 e. The Bertz CT molecular complexity index is 315. The Morgan fingerprint density at radius 2 is 2.00 bits per heavy atom. The SMILES string of the molecule is COc1ccc([N+]#[11C-])c(OC)c1. The van der Waals surface area contributed by atoms with Gasteiger partial charge in [-0.05, 0) is 12.1 Å². The molecule has 0 heterocycles. The van der Waals surface area contributed by atoms with E-state index in [2.05, 4.69) is 4.85 Å². The second kappa shape index (κ2) is 3.63. The Morgan fingerprint density at radius 1 is 1.25 bits per heavy atom. The van der Waals surface area contributed by atoms with Gasteiger partial charge >= 0.3 is 0 Å². The third kappa shape index (κ3) is 1.48. The fourth-order valence-electron chi connectivity index (χ4n) is 0.877. The van der Waals surface area contributed by atoms with E-state index in [0.29, 0.717) is 17.2 Å². The molecular weight excluding hydrogens is 153 g/mol. The van der Waals surface area contributed by atoms with Gasteiger partial charge in [0.05, 0.1) is 20.8 Å². The van der Waals surface area contributed by atoms with E-state index in [-0.39, 0.29) is 0 Å². The fraction of sp³-hybridized carbons (Fsp3) is 0.222. The van der Waals surface area contributed by atoms with Crippen LogP contribution in [0, 0.1) is 6.57 Å². The highest BCUT2D eigenvalue weighted by molar-refractivity contribution is 5.59. The second-order valence-corrected chi connectivity index (χ2v) is 2.15. The molecule has 0 aliphatic carbocycles. The Morgan fingerprint density at radius 3 is 2.50 bits per heavy atom. The summed E-state index contributed by atoms with van der Waals surface area (Å²) in [7, 11) is 3.11. The van der Waals surface area contributed by atoms with Crippen LogP contribution in [0.2, 0.25) is 0 Å². The van der Waals surface area contributed by atoms with Crippen molar-refractivity contribution in [3.05, 3.63) is 29.6 Å². The lowest BCUT2D eigenvalue weighted by atomic mass is 10.3. The summed E-state index contributed by atoms with van der Waals surface area (Å²) in [5, 5.41) is 0. The van der Waals surface area contributed by atoms with Gasteiger partial charge in [0, 0.05) is 6.07 Å². The summed E-state index contributed by atoms with van der Waals surface area (Å²) < 4.78 is 9.96. The highest BCUT2D eigenvalue weighted by atomic mass is 16.5. The minimum absolute atomic E-state index is 0.498. The van der Waals surface area contributed by atoms with Gasteiger partial charge in [-0.3, -0.25) is 0 Å². The van der Waals surface area contributed by atoms with E-state index in [0.717, 1.165) is 0 Å². The first-order chi connectivity index (χ1) is 5.81. The van der Waals surface area contributed by atoms with Crippen molar-refractivity contribution in [3.8, 4) is 11.5 Å². The fourth-order valence-corrected chi connectivity index (χ4v) is 0.877. The molecule has 0 bridgehead atoms. The van der Waals surface area contributed by atoms with Crippen LogP contribution in [0.25, 0.3) is 4.85 Å². The van der Waals surface area contributed by atoms with E-state index in [9.17, 15) is 0 Å². The Hall–Kier alpha value is -1.69. The van der Waals surface area contributed by atoms with E-state index in [4.69, 9.17) is 16.0 Å². The van der Waals surface area contributed by atoms with E-state index in [1.54, 1.807) is 25.3 Å². The summed E-state index contributed by atoms with van der Waals surface area (Å²) in [5.74, 6) is 1.24. The zero-order valence-corrected chi connectivity index (χ0v) is 7.00. The van der Waals surface area contributed by atoms with Crippen molar-refractivity contribution in [1.29, 1.82) is 0 Å². The Labute approximate surface area is 71.4 Å². The first kappa shape index (κ1) is 8.41. The van der Waals surface area contributed by atoms with E-state index >= 15 is 0 Å². The third-order valence-electron chi connectivity index (χ3n) is 1.51. The Balaban J connectivity index is 3.13. The number of methoxy groups -OCH3 is 2. The zero-order chi connectivity index (χ0) is 8.97. The number of benzene rings is 1. The summed E-state index contributed by atoms with van der Waals surface area (Å²) in [6, 6.07) is 5.09. The van der Waals surface area contributed by atoms with Crippen LogP contribution in [-0.4, -0.2) is 14.2 Å². The summed E-state index contributed by atoms with van der Waals surface area (Å²) in [6.07, 6.45) is 0. The molecule has 0 spiro atoms. The van der Waals surface area contributed by atoms with Crippen molar-refractivity contribution in [3.63, 3.8) is 0 Å². The molecular formula is C9H9NO2. The lowest BCUT2D eigenvalue weighted by molar-refractivity contribution is 0.396. The maximum absolute atomic E-state index is 6.82. The number of hydrogen-bond donors (Lipinski definition) is 0. The molecule has 1 rings (SSSR count). The monoisotopic (exact) mass is 162 g/mol. The third-order valence-corrected chi connectivity index (χ3v) is 1.51. The van der Waals surface area contributed by atoms with Gasteiger partial charge in [-0.1, -0.05) is 0 Å². The minimum atomic E-state index is 0.498. The van der Waals surface area contributed by atoms with Crippen molar-refractivity contribution in [2.45, 2.75) is 0 Å². The summed E-state index contributed by atoms with van der Waals surface area (Å²) in [4.78, 5) is 3.29. The van der Waals surface area contributed by atoms with E-state index in [1.165, 1.54) is 7.11 Å². The molecule has 0 amide bonds. The molecule has 0 aliphatic heterocycles. The average Bonchev–Trinajstić information content (AvgIpc) is 2.16. The maximum atomic E-state index is 6.82. The molecule has 62 valence electrons. The molecule has 3 heteroatoms. The first-order valence-electron chi connectivity index (χ1n) is 3.41. The largest absolute Gasteiger partial charge is 0.508 e. The van der Waals surface area contributed by atoms with Crippen LogP contribution >= 0.6 is 0 Å². The topological polar surface area (TPSA) is 22.8 Å². The lowest BCUT2D eigenvalue weighted by Gasteiger charge is -2.04. The van der Waals surface area contributed by atoms with Crippen LogP contribution < -0.4 is 9.47 Å². The predicted molar refractivity (Wildman–Crippen MR) is 45.8 cm³/mol. The van der Waals surface area contributed by atoms with Gasteiger partial charge < -0.3 is 9.47 Å². The van der Waals surface area contributed by atoms with Crippen LogP contribution in [-0.2, 0) is 0 Å². The van der Waals surface area contributed by atoms with Gasteiger partial charge in [0.1, 0.15) is 11.5 Å². The van der Waals surface area contributed by atoms with Crippen LogP contribution in [0.15, 0.2) is 18.2 Å². The molecule has 0 atom stereocenters. The average molecular weight is 162 g/mol. The van der Waals surface area contributed by atoms with Crippen LogP contribution in [0.4, 0.5) is 5.69 Å². The summed E-state index contributed by atoms with van der Waals surface area (Å²) in [5.41, 5.74) is 0.498. The second-order valence-electron chi connectivity index (χ2n) is 2.15. The molecule has 0 saturated carbocycles. The normalized spacial score (nSPS) is 8.75. The number of hydrogen-bond acceptors (Lipinski definition) is 2. The summed E-state index contributed by atoms with van der Waals surface area (Å²) in [6.45, 7) is 6.82. The van der Waals surface area contributed by atoms with Crippen molar-refractivity contribution in [1.82, 2.24) is 0 Å². The number of ether oxygens (including phenoxy) is 2. The molecule has 12 heavy (non-hydrogen) atoms. The van der Waals surface area contributed by atoms with Crippen LogP contribution in [0.5, 0.6) is 11.5 Å². The molecule has 0 unspecified atom stereocenters. The number of rotatable bonds is 2.